The minimum atomic E-state index is 0.0303. The molecule has 130 valence electrons. The Labute approximate surface area is 155 Å². The quantitative estimate of drug-likeness (QED) is 0.483. The zero-order valence-electron chi connectivity index (χ0n) is 13.9. The Balaban J connectivity index is 1.59. The van der Waals surface area contributed by atoms with Crippen molar-refractivity contribution in [3.63, 3.8) is 0 Å². The maximum absolute atomic E-state index is 11.9. The molecule has 1 amide bonds. The first kappa shape index (κ1) is 19.1. The Morgan fingerprint density at radius 2 is 1.96 bits per heavy atom. The van der Waals surface area contributed by atoms with E-state index in [4.69, 9.17) is 0 Å². The fraction of sp³-hybridized carbons (Fsp3) is 0.438. The molecule has 0 unspecified atom stereocenters. The van der Waals surface area contributed by atoms with Gasteiger partial charge < -0.3 is 10.6 Å². The van der Waals surface area contributed by atoms with Gasteiger partial charge in [0.05, 0.1) is 5.75 Å². The summed E-state index contributed by atoms with van der Waals surface area (Å²) < 4.78 is 0.817. The molecule has 0 atom stereocenters. The minimum Gasteiger partial charge on any atom is -0.360 e. The standard InChI is InChI=1S/C16H22N4OS3/c1-3-8-18-15-19-20-16(24-15)23-11-14(21)17-9-10-22-13-6-4-12(2)5-7-13/h4-7H,3,8-11H2,1-2H3,(H,17,21)(H,18,19). The van der Waals surface area contributed by atoms with Crippen molar-refractivity contribution in [2.45, 2.75) is 29.5 Å². The Hall–Kier alpha value is -1.25. The number of rotatable bonds is 10. The van der Waals surface area contributed by atoms with Crippen molar-refractivity contribution in [2.75, 3.05) is 29.9 Å². The van der Waals surface area contributed by atoms with Crippen LogP contribution in [0.5, 0.6) is 0 Å². The lowest BCUT2D eigenvalue weighted by atomic mass is 10.2. The number of amides is 1. The molecule has 8 heteroatoms. The molecular weight excluding hydrogens is 360 g/mol. The van der Waals surface area contributed by atoms with Gasteiger partial charge in [0.15, 0.2) is 4.34 Å². The van der Waals surface area contributed by atoms with E-state index in [1.807, 2.05) is 0 Å². The normalized spacial score (nSPS) is 10.6. The van der Waals surface area contributed by atoms with E-state index < -0.39 is 0 Å². The number of anilines is 1. The molecule has 2 aromatic rings. The van der Waals surface area contributed by atoms with Crippen LogP contribution >= 0.6 is 34.9 Å². The fourth-order valence-corrected chi connectivity index (χ4v) is 4.12. The number of nitrogens with one attached hydrogen (secondary N) is 2. The van der Waals surface area contributed by atoms with Crippen LogP contribution in [0.25, 0.3) is 0 Å². The third-order valence-electron chi connectivity index (χ3n) is 2.97. The number of thioether (sulfide) groups is 2. The Kier molecular flexibility index (Phi) is 8.41. The number of aryl methyl sites for hydroxylation is 1. The molecule has 0 radical (unpaired) electrons. The highest BCUT2D eigenvalue weighted by Gasteiger charge is 2.07. The van der Waals surface area contributed by atoms with E-state index in [9.17, 15) is 4.79 Å². The molecule has 0 aliphatic rings. The lowest BCUT2D eigenvalue weighted by molar-refractivity contribution is -0.118. The maximum atomic E-state index is 11.9. The Bertz CT molecular complexity index is 631. The lowest BCUT2D eigenvalue weighted by Crippen LogP contribution is -2.27. The fourth-order valence-electron chi connectivity index (χ4n) is 1.74. The summed E-state index contributed by atoms with van der Waals surface area (Å²) in [6, 6.07) is 8.42. The smallest absolute Gasteiger partial charge is 0.230 e. The van der Waals surface area contributed by atoms with Gasteiger partial charge in [-0.25, -0.2) is 0 Å². The summed E-state index contributed by atoms with van der Waals surface area (Å²) in [6.07, 6.45) is 1.05. The van der Waals surface area contributed by atoms with Crippen LogP contribution in [0.4, 0.5) is 5.13 Å². The van der Waals surface area contributed by atoms with Gasteiger partial charge in [0.1, 0.15) is 0 Å². The van der Waals surface area contributed by atoms with Crippen LogP contribution in [0.3, 0.4) is 0 Å². The summed E-state index contributed by atoms with van der Waals surface area (Å²) in [6.45, 7) is 5.73. The molecule has 2 N–H and O–H groups in total. The first-order valence-corrected chi connectivity index (χ1v) is 10.6. The number of benzene rings is 1. The molecule has 0 aliphatic carbocycles. The summed E-state index contributed by atoms with van der Waals surface area (Å²) >= 11 is 4.66. The third kappa shape index (κ3) is 7.11. The summed E-state index contributed by atoms with van der Waals surface area (Å²) in [7, 11) is 0. The predicted octanol–water partition coefficient (Wildman–Crippen LogP) is 3.67. The molecule has 5 nitrogen and oxygen atoms in total. The van der Waals surface area contributed by atoms with Gasteiger partial charge in [-0.05, 0) is 25.5 Å². The summed E-state index contributed by atoms with van der Waals surface area (Å²) in [5.74, 6) is 1.27. The van der Waals surface area contributed by atoms with Gasteiger partial charge in [0.25, 0.3) is 0 Å². The molecule has 0 spiro atoms. The van der Waals surface area contributed by atoms with Crippen molar-refractivity contribution in [3.8, 4) is 0 Å². The maximum Gasteiger partial charge on any atom is 0.230 e. The second kappa shape index (κ2) is 10.6. The second-order valence-electron chi connectivity index (χ2n) is 5.10. The number of aromatic nitrogens is 2. The largest absolute Gasteiger partial charge is 0.360 e. The average molecular weight is 383 g/mol. The average Bonchev–Trinajstić information content (AvgIpc) is 3.04. The molecule has 1 heterocycles. The minimum absolute atomic E-state index is 0.0303. The van der Waals surface area contributed by atoms with E-state index in [1.165, 1.54) is 33.6 Å². The van der Waals surface area contributed by atoms with Crippen LogP contribution in [0, 0.1) is 6.92 Å². The third-order valence-corrected chi connectivity index (χ3v) is 6.00. The van der Waals surface area contributed by atoms with Crippen molar-refractivity contribution in [3.05, 3.63) is 29.8 Å². The van der Waals surface area contributed by atoms with Crippen LogP contribution in [-0.4, -0.2) is 40.7 Å². The number of carbonyl (C=O) groups is 1. The highest BCUT2D eigenvalue weighted by Crippen LogP contribution is 2.25. The van der Waals surface area contributed by atoms with Gasteiger partial charge >= 0.3 is 0 Å². The SMILES string of the molecule is CCCNc1nnc(SCC(=O)NCCSc2ccc(C)cc2)s1. The van der Waals surface area contributed by atoms with Crippen molar-refractivity contribution < 1.29 is 4.79 Å². The van der Waals surface area contributed by atoms with E-state index in [2.05, 4.69) is 58.9 Å². The second-order valence-corrected chi connectivity index (χ2v) is 8.47. The molecule has 0 bridgehead atoms. The topological polar surface area (TPSA) is 66.9 Å². The van der Waals surface area contributed by atoms with Crippen LogP contribution in [-0.2, 0) is 4.79 Å². The van der Waals surface area contributed by atoms with Gasteiger partial charge in [0, 0.05) is 23.7 Å². The molecule has 1 aromatic heterocycles. The van der Waals surface area contributed by atoms with Crippen molar-refractivity contribution >= 4 is 45.9 Å². The molecule has 0 saturated carbocycles. The highest BCUT2D eigenvalue weighted by molar-refractivity contribution is 8.01. The molecule has 2 rings (SSSR count). The Morgan fingerprint density at radius 3 is 2.71 bits per heavy atom. The summed E-state index contributed by atoms with van der Waals surface area (Å²) in [4.78, 5) is 13.1. The summed E-state index contributed by atoms with van der Waals surface area (Å²) in [5.41, 5.74) is 1.26. The molecule has 0 fully saturated rings. The monoisotopic (exact) mass is 382 g/mol. The van der Waals surface area contributed by atoms with Crippen LogP contribution < -0.4 is 10.6 Å². The van der Waals surface area contributed by atoms with Crippen LogP contribution in [0.15, 0.2) is 33.5 Å². The van der Waals surface area contributed by atoms with Crippen LogP contribution in [0.1, 0.15) is 18.9 Å². The predicted molar refractivity (Wildman–Crippen MR) is 104 cm³/mol. The molecule has 0 aliphatic heterocycles. The van der Waals surface area contributed by atoms with Gasteiger partial charge in [0.2, 0.25) is 11.0 Å². The van der Waals surface area contributed by atoms with Gasteiger partial charge in [-0.15, -0.1) is 22.0 Å². The molecule has 0 saturated heterocycles. The van der Waals surface area contributed by atoms with Gasteiger partial charge in [-0.1, -0.05) is 47.7 Å². The van der Waals surface area contributed by atoms with Crippen molar-refractivity contribution in [1.82, 2.24) is 15.5 Å². The first-order chi connectivity index (χ1) is 11.7. The summed E-state index contributed by atoms with van der Waals surface area (Å²) in [5, 5.41) is 15.1. The van der Waals surface area contributed by atoms with Crippen molar-refractivity contribution in [1.29, 1.82) is 0 Å². The van der Waals surface area contributed by atoms with Gasteiger partial charge in [-0.3, -0.25) is 4.79 Å². The zero-order valence-corrected chi connectivity index (χ0v) is 16.3. The highest BCUT2D eigenvalue weighted by atomic mass is 32.2. The molecule has 24 heavy (non-hydrogen) atoms. The van der Waals surface area contributed by atoms with E-state index in [0.717, 1.165) is 28.2 Å². The zero-order chi connectivity index (χ0) is 17.2. The van der Waals surface area contributed by atoms with E-state index in [-0.39, 0.29) is 5.91 Å². The van der Waals surface area contributed by atoms with Crippen molar-refractivity contribution in [2.24, 2.45) is 0 Å². The number of hydrogen-bond acceptors (Lipinski definition) is 7. The van der Waals surface area contributed by atoms with Crippen LogP contribution in [0.2, 0.25) is 0 Å². The number of hydrogen-bond donors (Lipinski definition) is 2. The van der Waals surface area contributed by atoms with E-state index >= 15 is 0 Å². The number of carbonyl (C=O) groups excluding carboxylic acids is 1. The van der Waals surface area contributed by atoms with Gasteiger partial charge in [-0.2, -0.15) is 0 Å². The lowest BCUT2D eigenvalue weighted by Gasteiger charge is -2.04. The Morgan fingerprint density at radius 1 is 1.17 bits per heavy atom. The molecular formula is C16H22N4OS3. The molecule has 1 aromatic carbocycles. The number of nitrogens with zero attached hydrogens (tertiary/aromatic N) is 2. The van der Waals surface area contributed by atoms with E-state index in [1.54, 1.807) is 11.8 Å². The first-order valence-electron chi connectivity index (χ1n) is 7.83. The van der Waals surface area contributed by atoms with E-state index in [0.29, 0.717) is 12.3 Å².